The number of rotatable bonds is 4. The van der Waals surface area contributed by atoms with E-state index in [1.54, 1.807) is 6.92 Å². The number of hydrogen-bond donors (Lipinski definition) is 3. The summed E-state index contributed by atoms with van der Waals surface area (Å²) in [7, 11) is 0. The number of nitrogens with one attached hydrogen (secondary N) is 2. The summed E-state index contributed by atoms with van der Waals surface area (Å²) in [5.74, 6) is -0.0353. The second-order valence-corrected chi connectivity index (χ2v) is 5.33. The van der Waals surface area contributed by atoms with Crippen LogP contribution in [0, 0.1) is 0 Å². The summed E-state index contributed by atoms with van der Waals surface area (Å²) < 4.78 is 0. The molecule has 0 saturated heterocycles. The first-order valence-electron chi connectivity index (χ1n) is 6.88. The van der Waals surface area contributed by atoms with Crippen LogP contribution in [0.4, 0.5) is 0 Å². The first kappa shape index (κ1) is 14.0. The molecule has 4 heteroatoms. The zero-order valence-corrected chi connectivity index (χ0v) is 11.6. The van der Waals surface area contributed by atoms with Crippen LogP contribution in [0.15, 0.2) is 18.2 Å². The van der Waals surface area contributed by atoms with Crippen LogP contribution in [-0.4, -0.2) is 29.7 Å². The quantitative estimate of drug-likeness (QED) is 0.764. The van der Waals surface area contributed by atoms with E-state index in [0.717, 1.165) is 30.6 Å². The van der Waals surface area contributed by atoms with Crippen LogP contribution in [0.25, 0.3) is 0 Å². The fraction of sp³-hybridized carbons (Fsp3) is 0.533. The van der Waals surface area contributed by atoms with Crippen molar-refractivity contribution in [1.82, 2.24) is 10.6 Å². The van der Waals surface area contributed by atoms with E-state index >= 15 is 0 Å². The van der Waals surface area contributed by atoms with Crippen LogP contribution >= 0.6 is 0 Å². The zero-order chi connectivity index (χ0) is 13.8. The number of carbonyl (C=O) groups excluding carboxylic acids is 1. The van der Waals surface area contributed by atoms with E-state index in [0.29, 0.717) is 6.42 Å². The van der Waals surface area contributed by atoms with E-state index in [4.69, 9.17) is 0 Å². The molecule has 1 aromatic carbocycles. The summed E-state index contributed by atoms with van der Waals surface area (Å²) in [5.41, 5.74) is 3.14. The third-order valence-electron chi connectivity index (χ3n) is 3.46. The Hall–Kier alpha value is -1.39. The summed E-state index contributed by atoms with van der Waals surface area (Å²) in [4.78, 5) is 12.3. The molecule has 1 heterocycles. The van der Waals surface area contributed by atoms with Gasteiger partial charge < -0.3 is 15.7 Å². The Balaban J connectivity index is 2.11. The summed E-state index contributed by atoms with van der Waals surface area (Å²) in [5, 5.41) is 15.6. The molecule has 104 valence electrons. The van der Waals surface area contributed by atoms with Crippen LogP contribution in [0.3, 0.4) is 0 Å². The van der Waals surface area contributed by atoms with Crippen molar-refractivity contribution in [1.29, 1.82) is 0 Å². The molecule has 2 rings (SSSR count). The van der Waals surface area contributed by atoms with Crippen molar-refractivity contribution in [2.75, 3.05) is 6.54 Å². The van der Waals surface area contributed by atoms with Crippen molar-refractivity contribution in [3.8, 4) is 0 Å². The summed E-state index contributed by atoms with van der Waals surface area (Å²) in [6.07, 6.45) is 1.07. The van der Waals surface area contributed by atoms with E-state index in [2.05, 4.69) is 16.7 Å². The maximum absolute atomic E-state index is 12.3. The largest absolute Gasteiger partial charge is 0.393 e. The molecule has 0 bridgehead atoms. The molecule has 19 heavy (non-hydrogen) atoms. The number of benzene rings is 1. The lowest BCUT2D eigenvalue weighted by Crippen LogP contribution is -2.36. The second-order valence-electron chi connectivity index (χ2n) is 5.33. The third kappa shape index (κ3) is 3.55. The van der Waals surface area contributed by atoms with Crippen molar-refractivity contribution < 1.29 is 9.90 Å². The number of fused-ring (bicyclic) bond motifs is 1. The Morgan fingerprint density at radius 1 is 1.47 bits per heavy atom. The van der Waals surface area contributed by atoms with Gasteiger partial charge in [0.2, 0.25) is 0 Å². The van der Waals surface area contributed by atoms with Crippen LogP contribution in [-0.2, 0) is 13.0 Å². The van der Waals surface area contributed by atoms with Crippen LogP contribution in [0.2, 0.25) is 0 Å². The van der Waals surface area contributed by atoms with Crippen molar-refractivity contribution in [3.63, 3.8) is 0 Å². The Bertz CT molecular complexity index is 457. The third-order valence-corrected chi connectivity index (χ3v) is 3.46. The average molecular weight is 262 g/mol. The van der Waals surface area contributed by atoms with Gasteiger partial charge in [-0.1, -0.05) is 12.1 Å². The van der Waals surface area contributed by atoms with Crippen molar-refractivity contribution >= 4 is 5.91 Å². The minimum atomic E-state index is -0.399. The smallest absolute Gasteiger partial charge is 0.251 e. The van der Waals surface area contributed by atoms with Crippen molar-refractivity contribution in [2.24, 2.45) is 0 Å². The van der Waals surface area contributed by atoms with Gasteiger partial charge >= 0.3 is 0 Å². The molecule has 0 fully saturated rings. The summed E-state index contributed by atoms with van der Waals surface area (Å²) >= 11 is 0. The number of aliphatic hydroxyl groups excluding tert-OH is 1. The molecule has 2 unspecified atom stereocenters. The van der Waals surface area contributed by atoms with Gasteiger partial charge in [-0.05, 0) is 50.4 Å². The van der Waals surface area contributed by atoms with Gasteiger partial charge in [0.1, 0.15) is 0 Å². The highest BCUT2D eigenvalue weighted by Gasteiger charge is 2.18. The van der Waals surface area contributed by atoms with Gasteiger partial charge in [-0.25, -0.2) is 0 Å². The highest BCUT2D eigenvalue weighted by molar-refractivity contribution is 5.96. The highest BCUT2D eigenvalue weighted by Crippen LogP contribution is 2.18. The molecule has 1 aromatic rings. The lowest BCUT2D eigenvalue weighted by Gasteiger charge is -2.21. The maximum Gasteiger partial charge on any atom is 0.251 e. The molecule has 0 aliphatic carbocycles. The van der Waals surface area contributed by atoms with Gasteiger partial charge in [0, 0.05) is 18.2 Å². The Labute approximate surface area is 114 Å². The molecule has 3 N–H and O–H groups in total. The molecule has 1 aliphatic rings. The van der Waals surface area contributed by atoms with E-state index in [1.165, 1.54) is 5.56 Å². The monoisotopic (exact) mass is 262 g/mol. The Morgan fingerprint density at radius 3 is 3.00 bits per heavy atom. The van der Waals surface area contributed by atoms with E-state index < -0.39 is 6.10 Å². The summed E-state index contributed by atoms with van der Waals surface area (Å²) in [6.45, 7) is 5.40. The second kappa shape index (κ2) is 6.17. The number of aliphatic hydroxyl groups is 1. The van der Waals surface area contributed by atoms with Gasteiger partial charge in [0.25, 0.3) is 5.91 Å². The average Bonchev–Trinajstić information content (AvgIpc) is 2.36. The van der Waals surface area contributed by atoms with Gasteiger partial charge in [-0.2, -0.15) is 0 Å². The van der Waals surface area contributed by atoms with Gasteiger partial charge in [-0.15, -0.1) is 0 Å². The number of hydrogen-bond acceptors (Lipinski definition) is 3. The maximum atomic E-state index is 12.3. The predicted molar refractivity (Wildman–Crippen MR) is 75.1 cm³/mol. The SMILES string of the molecule is CC(O)CC(C)NC(=O)c1cccc2c1CCNC2. The molecular weight excluding hydrogens is 240 g/mol. The lowest BCUT2D eigenvalue weighted by atomic mass is 9.95. The molecule has 2 atom stereocenters. The van der Waals surface area contributed by atoms with E-state index in [9.17, 15) is 9.90 Å². The van der Waals surface area contributed by atoms with E-state index in [1.807, 2.05) is 19.1 Å². The molecule has 1 aliphatic heterocycles. The Kier molecular flexibility index (Phi) is 4.56. The lowest BCUT2D eigenvalue weighted by molar-refractivity contribution is 0.0922. The summed E-state index contributed by atoms with van der Waals surface area (Å²) in [6, 6.07) is 5.86. The zero-order valence-electron chi connectivity index (χ0n) is 11.6. The minimum Gasteiger partial charge on any atom is -0.393 e. The van der Waals surface area contributed by atoms with Crippen molar-refractivity contribution in [2.45, 2.75) is 45.4 Å². The molecular formula is C15H22N2O2. The minimum absolute atomic E-state index is 0.0231. The highest BCUT2D eigenvalue weighted by atomic mass is 16.3. The molecule has 0 aromatic heterocycles. The standard InChI is InChI=1S/C15H22N2O2/c1-10(8-11(2)18)17-15(19)14-5-3-4-12-9-16-7-6-13(12)14/h3-5,10-11,16,18H,6-9H2,1-2H3,(H,17,19). The molecule has 1 amide bonds. The topological polar surface area (TPSA) is 61.4 Å². The van der Waals surface area contributed by atoms with Gasteiger partial charge in [-0.3, -0.25) is 4.79 Å². The molecule has 0 saturated carbocycles. The van der Waals surface area contributed by atoms with Crippen molar-refractivity contribution in [3.05, 3.63) is 34.9 Å². The van der Waals surface area contributed by atoms with Gasteiger partial charge in [0.15, 0.2) is 0 Å². The van der Waals surface area contributed by atoms with Crippen LogP contribution < -0.4 is 10.6 Å². The molecule has 4 nitrogen and oxygen atoms in total. The first-order valence-corrected chi connectivity index (χ1v) is 6.88. The van der Waals surface area contributed by atoms with Gasteiger partial charge in [0.05, 0.1) is 6.10 Å². The van der Waals surface area contributed by atoms with Crippen LogP contribution in [0.5, 0.6) is 0 Å². The fourth-order valence-electron chi connectivity index (χ4n) is 2.62. The molecule has 0 spiro atoms. The predicted octanol–water partition coefficient (Wildman–Crippen LogP) is 1.22. The number of carbonyl (C=O) groups is 1. The van der Waals surface area contributed by atoms with Crippen LogP contribution in [0.1, 0.15) is 41.8 Å². The number of amides is 1. The first-order chi connectivity index (χ1) is 9.08. The normalized spacial score (nSPS) is 17.4. The fourth-order valence-corrected chi connectivity index (χ4v) is 2.62. The Morgan fingerprint density at radius 2 is 2.26 bits per heavy atom. The molecule has 0 radical (unpaired) electrons. The van der Waals surface area contributed by atoms with E-state index in [-0.39, 0.29) is 11.9 Å².